The number of halogens is 2. The van der Waals surface area contributed by atoms with Crippen LogP contribution < -0.4 is 11.1 Å². The average Bonchev–Trinajstić information content (AvgIpc) is 2.49. The fourth-order valence-corrected chi connectivity index (χ4v) is 1.96. The van der Waals surface area contributed by atoms with Crippen molar-refractivity contribution in [3.63, 3.8) is 0 Å². The van der Waals surface area contributed by atoms with E-state index in [9.17, 15) is 9.18 Å². The van der Waals surface area contributed by atoms with Gasteiger partial charge < -0.3 is 16.3 Å². The number of pyridine rings is 1. The molecule has 108 valence electrons. The van der Waals surface area contributed by atoms with Crippen molar-refractivity contribution in [1.82, 2.24) is 4.98 Å². The van der Waals surface area contributed by atoms with Gasteiger partial charge in [-0.15, -0.1) is 0 Å². The lowest BCUT2D eigenvalue weighted by Gasteiger charge is -2.07. The van der Waals surface area contributed by atoms with E-state index in [0.29, 0.717) is 15.7 Å². The minimum atomic E-state index is -0.464. The molecule has 1 amide bonds. The van der Waals surface area contributed by atoms with E-state index >= 15 is 0 Å². The molecule has 6 nitrogen and oxygen atoms in total. The number of amides is 1. The van der Waals surface area contributed by atoms with Crippen LogP contribution in [0.25, 0.3) is 0 Å². The van der Waals surface area contributed by atoms with Crippen LogP contribution in [0.15, 0.2) is 46.2 Å². The predicted octanol–water partition coefficient (Wildman–Crippen LogP) is 2.33. The van der Waals surface area contributed by atoms with Gasteiger partial charge in [0, 0.05) is 16.2 Å². The molecular weight excluding hydrogens is 343 g/mol. The van der Waals surface area contributed by atoms with E-state index < -0.39 is 11.7 Å². The third-order valence-electron chi connectivity index (χ3n) is 2.58. The van der Waals surface area contributed by atoms with Crippen molar-refractivity contribution < 1.29 is 14.4 Å². The topological polar surface area (TPSA) is 101 Å². The predicted molar refractivity (Wildman–Crippen MR) is 78.8 cm³/mol. The minimum Gasteiger partial charge on any atom is -0.409 e. The number of aromatic nitrogens is 1. The molecule has 1 heterocycles. The van der Waals surface area contributed by atoms with Gasteiger partial charge in [-0.2, -0.15) is 0 Å². The third-order valence-corrected chi connectivity index (χ3v) is 3.24. The summed E-state index contributed by atoms with van der Waals surface area (Å²) in [6, 6.07) is 6.83. The lowest BCUT2D eigenvalue weighted by atomic mass is 10.2. The molecule has 0 aliphatic heterocycles. The van der Waals surface area contributed by atoms with Crippen molar-refractivity contribution in [2.75, 3.05) is 5.32 Å². The second-order valence-corrected chi connectivity index (χ2v) is 4.85. The van der Waals surface area contributed by atoms with E-state index in [1.807, 2.05) is 0 Å². The number of oxime groups is 1. The van der Waals surface area contributed by atoms with Crippen LogP contribution in [-0.2, 0) is 0 Å². The maximum absolute atomic E-state index is 13.0. The first-order valence-electron chi connectivity index (χ1n) is 5.71. The summed E-state index contributed by atoms with van der Waals surface area (Å²) >= 11 is 3.15. The zero-order chi connectivity index (χ0) is 15.4. The lowest BCUT2D eigenvalue weighted by molar-refractivity contribution is 0.102. The molecule has 2 aromatic rings. The van der Waals surface area contributed by atoms with Crippen LogP contribution in [0.2, 0.25) is 0 Å². The molecule has 0 aliphatic carbocycles. The second kappa shape index (κ2) is 6.31. The van der Waals surface area contributed by atoms with Crippen LogP contribution >= 0.6 is 15.9 Å². The van der Waals surface area contributed by atoms with Gasteiger partial charge in [0.2, 0.25) is 0 Å². The van der Waals surface area contributed by atoms with E-state index in [1.54, 1.807) is 0 Å². The van der Waals surface area contributed by atoms with Crippen LogP contribution in [0.5, 0.6) is 0 Å². The van der Waals surface area contributed by atoms with Crippen LogP contribution in [0.3, 0.4) is 0 Å². The van der Waals surface area contributed by atoms with Crippen molar-refractivity contribution in [3.8, 4) is 0 Å². The molecule has 0 aliphatic rings. The van der Waals surface area contributed by atoms with E-state index in [1.165, 1.54) is 36.5 Å². The van der Waals surface area contributed by atoms with Gasteiger partial charge in [0.1, 0.15) is 11.5 Å². The summed E-state index contributed by atoms with van der Waals surface area (Å²) in [6.45, 7) is 0. The van der Waals surface area contributed by atoms with Crippen molar-refractivity contribution in [1.29, 1.82) is 0 Å². The van der Waals surface area contributed by atoms with Crippen LogP contribution in [0, 0.1) is 5.82 Å². The summed E-state index contributed by atoms with van der Waals surface area (Å²) in [5.74, 6) is -0.981. The van der Waals surface area contributed by atoms with Gasteiger partial charge in [-0.05, 0) is 46.3 Å². The Labute approximate surface area is 127 Å². The number of anilines is 1. The molecule has 0 spiro atoms. The SMILES string of the molecule is NC(=NO)c1ccc(C(=O)Nc2ccc(F)cc2Br)nc1. The summed E-state index contributed by atoms with van der Waals surface area (Å²) in [5, 5.41) is 14.0. The number of nitrogens with zero attached hydrogens (tertiary/aromatic N) is 2. The molecule has 0 atom stereocenters. The van der Waals surface area contributed by atoms with Crippen LogP contribution in [-0.4, -0.2) is 21.9 Å². The van der Waals surface area contributed by atoms with Gasteiger partial charge in [-0.25, -0.2) is 4.39 Å². The summed E-state index contributed by atoms with van der Waals surface area (Å²) in [5.41, 5.74) is 6.34. The van der Waals surface area contributed by atoms with Gasteiger partial charge in [-0.1, -0.05) is 5.16 Å². The maximum Gasteiger partial charge on any atom is 0.274 e. The molecule has 1 aromatic heterocycles. The molecule has 4 N–H and O–H groups in total. The molecule has 0 saturated heterocycles. The molecule has 1 aromatic carbocycles. The third kappa shape index (κ3) is 3.54. The quantitative estimate of drug-likeness (QED) is 0.341. The summed E-state index contributed by atoms with van der Waals surface area (Å²) in [6.07, 6.45) is 1.31. The molecule has 0 bridgehead atoms. The van der Waals surface area contributed by atoms with Crippen molar-refractivity contribution in [2.24, 2.45) is 10.9 Å². The van der Waals surface area contributed by atoms with Gasteiger partial charge in [0.25, 0.3) is 5.91 Å². The van der Waals surface area contributed by atoms with E-state index in [0.717, 1.165) is 0 Å². The lowest BCUT2D eigenvalue weighted by Crippen LogP contribution is -2.17. The highest BCUT2D eigenvalue weighted by Crippen LogP contribution is 2.23. The second-order valence-electron chi connectivity index (χ2n) is 4.00. The number of nitrogens with two attached hydrogens (primary N) is 1. The standard InChI is InChI=1S/C13H10BrFN4O2/c14-9-5-8(15)2-4-10(9)18-13(20)11-3-1-7(6-17-11)12(16)19-21/h1-6,21H,(H2,16,19)(H,18,20). The normalized spacial score (nSPS) is 11.2. The number of nitrogens with one attached hydrogen (secondary N) is 1. The molecular formula is C13H10BrFN4O2. The highest BCUT2D eigenvalue weighted by atomic mass is 79.9. The fourth-order valence-electron chi connectivity index (χ4n) is 1.51. The smallest absolute Gasteiger partial charge is 0.274 e. The molecule has 0 unspecified atom stereocenters. The fraction of sp³-hybridized carbons (Fsp3) is 0. The van der Waals surface area contributed by atoms with Crippen molar-refractivity contribution >= 4 is 33.4 Å². The highest BCUT2D eigenvalue weighted by molar-refractivity contribution is 9.10. The van der Waals surface area contributed by atoms with E-state index in [4.69, 9.17) is 10.9 Å². The molecule has 8 heteroatoms. The largest absolute Gasteiger partial charge is 0.409 e. The Kier molecular flexibility index (Phi) is 4.49. The van der Waals surface area contributed by atoms with Crippen LogP contribution in [0.1, 0.15) is 16.1 Å². The molecule has 2 rings (SSSR count). The first-order chi connectivity index (χ1) is 10.0. The van der Waals surface area contributed by atoms with Gasteiger partial charge in [0.05, 0.1) is 5.69 Å². The van der Waals surface area contributed by atoms with Crippen LogP contribution in [0.4, 0.5) is 10.1 Å². The average molecular weight is 353 g/mol. The molecule has 0 fully saturated rings. The van der Waals surface area contributed by atoms with Gasteiger partial charge in [-0.3, -0.25) is 9.78 Å². The minimum absolute atomic E-state index is 0.101. The molecule has 0 radical (unpaired) electrons. The Morgan fingerprint density at radius 2 is 2.14 bits per heavy atom. The highest BCUT2D eigenvalue weighted by Gasteiger charge is 2.11. The number of benzene rings is 1. The summed E-state index contributed by atoms with van der Waals surface area (Å²) in [4.78, 5) is 15.9. The molecule has 21 heavy (non-hydrogen) atoms. The summed E-state index contributed by atoms with van der Waals surface area (Å²) < 4.78 is 13.4. The number of hydrogen-bond donors (Lipinski definition) is 3. The first kappa shape index (κ1) is 14.9. The van der Waals surface area contributed by atoms with E-state index in [-0.39, 0.29) is 11.5 Å². The zero-order valence-electron chi connectivity index (χ0n) is 10.5. The summed E-state index contributed by atoms with van der Waals surface area (Å²) in [7, 11) is 0. The maximum atomic E-state index is 13.0. The first-order valence-corrected chi connectivity index (χ1v) is 6.51. The Balaban J connectivity index is 2.17. The Morgan fingerprint density at radius 1 is 1.38 bits per heavy atom. The zero-order valence-corrected chi connectivity index (χ0v) is 12.1. The Bertz CT molecular complexity index is 704. The Hall–Kier alpha value is -2.48. The molecule has 0 saturated carbocycles. The van der Waals surface area contributed by atoms with Crippen molar-refractivity contribution in [2.45, 2.75) is 0 Å². The monoisotopic (exact) mass is 352 g/mol. The number of carbonyl (C=O) groups excluding carboxylic acids is 1. The van der Waals surface area contributed by atoms with Crippen molar-refractivity contribution in [3.05, 3.63) is 58.1 Å². The number of amidine groups is 1. The van der Waals surface area contributed by atoms with Gasteiger partial charge >= 0.3 is 0 Å². The Morgan fingerprint density at radius 3 is 2.71 bits per heavy atom. The number of rotatable bonds is 3. The number of hydrogen-bond acceptors (Lipinski definition) is 4. The number of carbonyl (C=O) groups is 1. The van der Waals surface area contributed by atoms with Gasteiger partial charge in [0.15, 0.2) is 5.84 Å². The van der Waals surface area contributed by atoms with E-state index in [2.05, 4.69) is 31.4 Å².